The van der Waals surface area contributed by atoms with E-state index in [0.29, 0.717) is 11.8 Å². The number of likely N-dealkylation sites (tertiary alicyclic amines) is 1. The smallest absolute Gasteiger partial charge is 0.241 e. The fourth-order valence-corrected chi connectivity index (χ4v) is 2.03. The van der Waals surface area contributed by atoms with E-state index in [1.807, 2.05) is 18.7 Å². The van der Waals surface area contributed by atoms with Crippen molar-refractivity contribution in [3.05, 3.63) is 0 Å². The minimum atomic E-state index is -0.547. The van der Waals surface area contributed by atoms with Crippen molar-refractivity contribution in [2.75, 3.05) is 19.6 Å². The predicted octanol–water partition coefficient (Wildman–Crippen LogP) is 0.200. The second-order valence-corrected chi connectivity index (χ2v) is 5.74. The summed E-state index contributed by atoms with van der Waals surface area (Å²) in [5, 5.41) is 2.61. The zero-order valence-electron chi connectivity index (χ0n) is 11.8. The van der Waals surface area contributed by atoms with E-state index in [1.54, 1.807) is 0 Å². The van der Waals surface area contributed by atoms with Gasteiger partial charge in [-0.25, -0.2) is 0 Å². The average molecular weight is 255 g/mol. The third-order valence-corrected chi connectivity index (χ3v) is 3.78. The topological polar surface area (TPSA) is 75.4 Å². The molecular formula is C13H25N3O2. The Morgan fingerprint density at radius 2 is 1.78 bits per heavy atom. The molecule has 3 N–H and O–H groups in total. The molecular weight excluding hydrogens is 230 g/mol. The van der Waals surface area contributed by atoms with Gasteiger partial charge in [0, 0.05) is 13.1 Å². The van der Waals surface area contributed by atoms with E-state index in [4.69, 9.17) is 5.73 Å². The zero-order valence-corrected chi connectivity index (χ0v) is 11.8. The van der Waals surface area contributed by atoms with Crippen LogP contribution in [-0.2, 0) is 9.59 Å². The Morgan fingerprint density at radius 1 is 1.28 bits per heavy atom. The van der Waals surface area contributed by atoms with Crippen molar-refractivity contribution < 1.29 is 9.59 Å². The minimum Gasteiger partial charge on any atom is -0.346 e. The summed E-state index contributed by atoms with van der Waals surface area (Å²) in [4.78, 5) is 25.3. The number of hydrogen-bond donors (Lipinski definition) is 2. The summed E-state index contributed by atoms with van der Waals surface area (Å²) in [6.45, 7) is 9.68. The fourth-order valence-electron chi connectivity index (χ4n) is 2.03. The second-order valence-electron chi connectivity index (χ2n) is 5.74. The number of nitrogens with two attached hydrogens (primary N) is 1. The Balaban J connectivity index is 2.36. The molecule has 2 amide bonds. The average Bonchev–Trinajstić information content (AvgIpc) is 2.65. The molecule has 5 nitrogen and oxygen atoms in total. The highest BCUT2D eigenvalue weighted by molar-refractivity contribution is 5.87. The van der Waals surface area contributed by atoms with E-state index in [-0.39, 0.29) is 24.3 Å². The van der Waals surface area contributed by atoms with Crippen LogP contribution in [-0.4, -0.2) is 42.4 Å². The maximum Gasteiger partial charge on any atom is 0.241 e. The normalized spacial score (nSPS) is 25.3. The molecule has 0 bridgehead atoms. The lowest BCUT2D eigenvalue weighted by atomic mass is 10.0. The van der Waals surface area contributed by atoms with Crippen LogP contribution in [0.5, 0.6) is 0 Å². The molecule has 1 saturated heterocycles. The molecule has 1 aliphatic rings. The zero-order chi connectivity index (χ0) is 13.9. The maximum atomic E-state index is 11.9. The summed E-state index contributed by atoms with van der Waals surface area (Å²) < 4.78 is 0. The van der Waals surface area contributed by atoms with Gasteiger partial charge in [0.05, 0.1) is 12.6 Å². The number of carbonyl (C=O) groups excluding carboxylic acids is 2. The summed E-state index contributed by atoms with van der Waals surface area (Å²) >= 11 is 0. The lowest BCUT2D eigenvalue weighted by Gasteiger charge is -2.18. The van der Waals surface area contributed by atoms with Gasteiger partial charge < -0.3 is 16.0 Å². The van der Waals surface area contributed by atoms with Crippen molar-refractivity contribution in [2.45, 2.75) is 33.7 Å². The Morgan fingerprint density at radius 3 is 2.22 bits per heavy atom. The van der Waals surface area contributed by atoms with Crippen LogP contribution in [0.1, 0.15) is 27.7 Å². The number of nitrogens with one attached hydrogen (secondary N) is 1. The standard InChI is InChI=1S/C13H25N3O2/c1-8(2)12(14)13(18)15-5-11(17)16-6-9(3)10(4)7-16/h8-10,12H,5-7,14H2,1-4H3,(H,15,18)/t9?,10?,12-/m0/s1. The van der Waals surface area contributed by atoms with Crippen molar-refractivity contribution in [3.63, 3.8) is 0 Å². The van der Waals surface area contributed by atoms with E-state index in [1.165, 1.54) is 0 Å². The van der Waals surface area contributed by atoms with Gasteiger partial charge in [0.25, 0.3) is 0 Å². The summed E-state index contributed by atoms with van der Waals surface area (Å²) in [5.74, 6) is 0.867. The molecule has 1 heterocycles. The number of rotatable bonds is 4. The van der Waals surface area contributed by atoms with Crippen molar-refractivity contribution in [2.24, 2.45) is 23.5 Å². The second kappa shape index (κ2) is 6.18. The SMILES string of the molecule is CC1CN(C(=O)CNC(=O)[C@@H](N)C(C)C)CC1C. The third-order valence-electron chi connectivity index (χ3n) is 3.78. The quantitative estimate of drug-likeness (QED) is 0.753. The van der Waals surface area contributed by atoms with Gasteiger partial charge in [-0.05, 0) is 17.8 Å². The minimum absolute atomic E-state index is 0.0180. The van der Waals surface area contributed by atoms with Crippen molar-refractivity contribution in [1.82, 2.24) is 10.2 Å². The van der Waals surface area contributed by atoms with Crippen LogP contribution < -0.4 is 11.1 Å². The van der Waals surface area contributed by atoms with Crippen molar-refractivity contribution in [3.8, 4) is 0 Å². The summed E-state index contributed by atoms with van der Waals surface area (Å²) in [5.41, 5.74) is 5.71. The van der Waals surface area contributed by atoms with Crippen LogP contribution in [0.25, 0.3) is 0 Å². The molecule has 0 aromatic heterocycles. The first-order valence-corrected chi connectivity index (χ1v) is 6.64. The van der Waals surface area contributed by atoms with Crippen LogP contribution >= 0.6 is 0 Å². The Kier molecular flexibility index (Phi) is 5.14. The molecule has 0 saturated carbocycles. The molecule has 5 heteroatoms. The molecule has 1 rings (SSSR count). The van der Waals surface area contributed by atoms with E-state index >= 15 is 0 Å². The van der Waals surface area contributed by atoms with Crippen LogP contribution in [0.2, 0.25) is 0 Å². The largest absolute Gasteiger partial charge is 0.346 e. The first-order valence-electron chi connectivity index (χ1n) is 6.64. The summed E-state index contributed by atoms with van der Waals surface area (Å²) in [6, 6.07) is -0.547. The van der Waals surface area contributed by atoms with Gasteiger partial charge in [-0.2, -0.15) is 0 Å². The molecule has 2 unspecified atom stereocenters. The molecule has 18 heavy (non-hydrogen) atoms. The van der Waals surface area contributed by atoms with E-state index in [2.05, 4.69) is 19.2 Å². The highest BCUT2D eigenvalue weighted by atomic mass is 16.2. The van der Waals surface area contributed by atoms with E-state index < -0.39 is 6.04 Å². The molecule has 104 valence electrons. The number of carbonyl (C=O) groups is 2. The van der Waals surface area contributed by atoms with Crippen LogP contribution in [0.15, 0.2) is 0 Å². The van der Waals surface area contributed by atoms with Gasteiger partial charge in [0.1, 0.15) is 0 Å². The molecule has 3 atom stereocenters. The predicted molar refractivity (Wildman–Crippen MR) is 70.7 cm³/mol. The highest BCUT2D eigenvalue weighted by Crippen LogP contribution is 2.21. The fraction of sp³-hybridized carbons (Fsp3) is 0.846. The monoisotopic (exact) mass is 255 g/mol. The Hall–Kier alpha value is -1.10. The Bertz CT molecular complexity index is 307. The molecule has 0 aromatic rings. The van der Waals surface area contributed by atoms with Gasteiger partial charge in [-0.1, -0.05) is 27.7 Å². The first-order chi connectivity index (χ1) is 8.32. The van der Waals surface area contributed by atoms with Crippen LogP contribution in [0, 0.1) is 17.8 Å². The van der Waals surface area contributed by atoms with Crippen molar-refractivity contribution in [1.29, 1.82) is 0 Å². The van der Waals surface area contributed by atoms with Crippen LogP contribution in [0.3, 0.4) is 0 Å². The van der Waals surface area contributed by atoms with Gasteiger partial charge in [-0.15, -0.1) is 0 Å². The van der Waals surface area contributed by atoms with Crippen molar-refractivity contribution >= 4 is 11.8 Å². The maximum absolute atomic E-state index is 11.9. The first kappa shape index (κ1) is 15.0. The van der Waals surface area contributed by atoms with Gasteiger partial charge >= 0.3 is 0 Å². The molecule has 0 spiro atoms. The van der Waals surface area contributed by atoms with E-state index in [0.717, 1.165) is 13.1 Å². The molecule has 1 fully saturated rings. The molecule has 0 radical (unpaired) electrons. The molecule has 0 aromatic carbocycles. The lowest BCUT2D eigenvalue weighted by Crippen LogP contribution is -2.47. The van der Waals surface area contributed by atoms with Gasteiger partial charge in [0.15, 0.2) is 0 Å². The van der Waals surface area contributed by atoms with E-state index in [9.17, 15) is 9.59 Å². The van der Waals surface area contributed by atoms with Crippen LogP contribution in [0.4, 0.5) is 0 Å². The lowest BCUT2D eigenvalue weighted by molar-refractivity contribution is -0.132. The number of amides is 2. The number of hydrogen-bond acceptors (Lipinski definition) is 3. The molecule has 1 aliphatic heterocycles. The third kappa shape index (κ3) is 3.70. The summed E-state index contributed by atoms with van der Waals surface area (Å²) in [7, 11) is 0. The van der Waals surface area contributed by atoms with Gasteiger partial charge in [-0.3, -0.25) is 9.59 Å². The highest BCUT2D eigenvalue weighted by Gasteiger charge is 2.29. The van der Waals surface area contributed by atoms with Gasteiger partial charge in [0.2, 0.25) is 11.8 Å². The molecule has 0 aliphatic carbocycles. The summed E-state index contributed by atoms with van der Waals surface area (Å²) in [6.07, 6.45) is 0. The Labute approximate surface area is 109 Å². The number of nitrogens with zero attached hydrogens (tertiary/aromatic N) is 1.